The Morgan fingerprint density at radius 3 is 2.13 bits per heavy atom. The fourth-order valence-electron chi connectivity index (χ4n) is 1.97. The smallest absolute Gasteiger partial charge is 0.326 e. The number of carbonyl (C=O) groups excluding carboxylic acids is 1. The maximum Gasteiger partial charge on any atom is 0.326 e. The summed E-state index contributed by atoms with van der Waals surface area (Å²) in [5.74, 6) is -0.103. The van der Waals surface area contributed by atoms with Gasteiger partial charge in [-0.1, -0.05) is 18.2 Å². The number of ether oxygens (including phenoxy) is 2. The summed E-state index contributed by atoms with van der Waals surface area (Å²) in [6.07, 6.45) is 0. The third-order valence-corrected chi connectivity index (χ3v) is 4.98. The number of hydrogen-bond acceptors (Lipinski definition) is 5. The fourth-order valence-corrected chi connectivity index (χ4v) is 3.38. The van der Waals surface area contributed by atoms with Gasteiger partial charge in [-0.2, -0.15) is 0 Å². The zero-order chi connectivity index (χ0) is 16.9. The SMILES string of the molecule is COC(=O)CN(c1ccccc1)S(=O)(=O)c1ccc(OC)cc1. The van der Waals surface area contributed by atoms with Crippen molar-refractivity contribution in [2.75, 3.05) is 25.1 Å². The molecule has 0 atom stereocenters. The Morgan fingerprint density at radius 1 is 1.00 bits per heavy atom. The van der Waals surface area contributed by atoms with Gasteiger partial charge in [0.05, 0.1) is 24.8 Å². The molecule has 0 amide bonds. The van der Waals surface area contributed by atoms with E-state index in [0.29, 0.717) is 11.4 Å². The Morgan fingerprint density at radius 2 is 1.61 bits per heavy atom. The summed E-state index contributed by atoms with van der Waals surface area (Å²) in [5.41, 5.74) is 0.383. The Labute approximate surface area is 135 Å². The highest BCUT2D eigenvalue weighted by molar-refractivity contribution is 7.92. The first kappa shape index (κ1) is 16.8. The lowest BCUT2D eigenvalue weighted by Gasteiger charge is -2.23. The molecule has 0 radical (unpaired) electrons. The second-order valence-corrected chi connectivity index (χ2v) is 6.46. The molecule has 2 aromatic carbocycles. The molecular weight excluding hydrogens is 318 g/mol. The summed E-state index contributed by atoms with van der Waals surface area (Å²) in [6.45, 7) is -0.408. The van der Waals surface area contributed by atoms with E-state index in [1.807, 2.05) is 0 Å². The van der Waals surface area contributed by atoms with Gasteiger partial charge >= 0.3 is 5.97 Å². The number of carbonyl (C=O) groups is 1. The van der Waals surface area contributed by atoms with E-state index >= 15 is 0 Å². The molecule has 0 saturated carbocycles. The quantitative estimate of drug-likeness (QED) is 0.756. The monoisotopic (exact) mass is 335 g/mol. The van der Waals surface area contributed by atoms with Crippen molar-refractivity contribution in [3.63, 3.8) is 0 Å². The molecule has 23 heavy (non-hydrogen) atoms. The Hall–Kier alpha value is -2.54. The van der Waals surface area contributed by atoms with Crippen molar-refractivity contribution in [1.82, 2.24) is 0 Å². The van der Waals surface area contributed by atoms with Gasteiger partial charge in [0.1, 0.15) is 12.3 Å². The van der Waals surface area contributed by atoms with Crippen molar-refractivity contribution in [1.29, 1.82) is 0 Å². The van der Waals surface area contributed by atoms with Crippen LogP contribution in [0.2, 0.25) is 0 Å². The first-order valence-corrected chi connectivity index (χ1v) is 8.21. The number of sulfonamides is 1. The van der Waals surface area contributed by atoms with E-state index in [4.69, 9.17) is 4.74 Å². The van der Waals surface area contributed by atoms with Crippen LogP contribution in [0.25, 0.3) is 0 Å². The molecule has 0 saturated heterocycles. The minimum Gasteiger partial charge on any atom is -0.497 e. The Kier molecular flexibility index (Phi) is 5.23. The van der Waals surface area contributed by atoms with Crippen LogP contribution in [0, 0.1) is 0 Å². The van der Waals surface area contributed by atoms with Crippen molar-refractivity contribution in [3.8, 4) is 5.75 Å². The molecule has 0 aliphatic carbocycles. The van der Waals surface area contributed by atoms with Crippen LogP contribution in [0.4, 0.5) is 5.69 Å². The first-order valence-electron chi connectivity index (χ1n) is 6.77. The van der Waals surface area contributed by atoms with Crippen LogP contribution in [0.3, 0.4) is 0 Å². The number of hydrogen-bond donors (Lipinski definition) is 0. The summed E-state index contributed by atoms with van der Waals surface area (Å²) in [6, 6.07) is 14.4. The minimum absolute atomic E-state index is 0.0612. The van der Waals surface area contributed by atoms with Crippen molar-refractivity contribution in [2.45, 2.75) is 4.90 Å². The van der Waals surface area contributed by atoms with E-state index in [2.05, 4.69) is 4.74 Å². The lowest BCUT2D eigenvalue weighted by molar-refractivity contribution is -0.138. The van der Waals surface area contributed by atoms with Crippen LogP contribution in [-0.2, 0) is 19.6 Å². The van der Waals surface area contributed by atoms with Gasteiger partial charge in [0, 0.05) is 0 Å². The number of methoxy groups -OCH3 is 2. The number of nitrogens with zero attached hydrogens (tertiary/aromatic N) is 1. The van der Waals surface area contributed by atoms with Crippen LogP contribution >= 0.6 is 0 Å². The molecule has 0 fully saturated rings. The van der Waals surface area contributed by atoms with Gasteiger partial charge in [-0.05, 0) is 36.4 Å². The van der Waals surface area contributed by atoms with Crippen molar-refractivity contribution in [2.24, 2.45) is 0 Å². The molecular formula is C16H17NO5S. The van der Waals surface area contributed by atoms with E-state index in [-0.39, 0.29) is 4.90 Å². The van der Waals surface area contributed by atoms with Crippen LogP contribution in [-0.4, -0.2) is 35.2 Å². The maximum absolute atomic E-state index is 12.9. The van der Waals surface area contributed by atoms with E-state index in [9.17, 15) is 13.2 Å². The summed E-state index contributed by atoms with van der Waals surface area (Å²) in [7, 11) is -1.20. The van der Waals surface area contributed by atoms with Gasteiger partial charge in [-0.3, -0.25) is 9.10 Å². The number of anilines is 1. The lowest BCUT2D eigenvalue weighted by Crippen LogP contribution is -2.36. The fraction of sp³-hybridized carbons (Fsp3) is 0.188. The molecule has 0 unspecified atom stereocenters. The maximum atomic E-state index is 12.9. The third-order valence-electron chi connectivity index (χ3n) is 3.19. The molecule has 0 bridgehead atoms. The van der Waals surface area contributed by atoms with Gasteiger partial charge in [0.25, 0.3) is 10.0 Å². The van der Waals surface area contributed by atoms with Crippen molar-refractivity contribution >= 4 is 21.7 Å². The number of benzene rings is 2. The molecule has 122 valence electrons. The molecule has 7 heteroatoms. The Bertz CT molecular complexity index is 757. The molecule has 2 aromatic rings. The molecule has 2 rings (SSSR count). The zero-order valence-corrected chi connectivity index (χ0v) is 13.6. The van der Waals surface area contributed by atoms with E-state index in [0.717, 1.165) is 4.31 Å². The average molecular weight is 335 g/mol. The predicted octanol–water partition coefficient (Wildman–Crippen LogP) is 2.06. The molecule has 0 N–H and O–H groups in total. The van der Waals surface area contributed by atoms with Crippen molar-refractivity contribution in [3.05, 3.63) is 54.6 Å². The van der Waals surface area contributed by atoms with Gasteiger partial charge in [0.15, 0.2) is 0 Å². The zero-order valence-electron chi connectivity index (χ0n) is 12.8. The average Bonchev–Trinajstić information content (AvgIpc) is 2.60. The molecule has 0 aliphatic rings. The topological polar surface area (TPSA) is 72.9 Å². The predicted molar refractivity (Wildman–Crippen MR) is 86.0 cm³/mol. The summed E-state index contributed by atoms with van der Waals surface area (Å²) in [5, 5.41) is 0. The minimum atomic E-state index is -3.91. The normalized spacial score (nSPS) is 10.9. The van der Waals surface area contributed by atoms with Crippen molar-refractivity contribution < 1.29 is 22.7 Å². The second-order valence-electron chi connectivity index (χ2n) is 4.60. The van der Waals surface area contributed by atoms with Crippen LogP contribution < -0.4 is 9.04 Å². The number of para-hydroxylation sites is 1. The first-order chi connectivity index (χ1) is 11.0. The van der Waals surface area contributed by atoms with E-state index in [1.165, 1.54) is 26.4 Å². The lowest BCUT2D eigenvalue weighted by atomic mass is 10.3. The molecule has 0 spiro atoms. The van der Waals surface area contributed by atoms with Gasteiger partial charge in [-0.25, -0.2) is 8.42 Å². The summed E-state index contributed by atoms with van der Waals surface area (Å²) in [4.78, 5) is 11.7. The molecule has 6 nitrogen and oxygen atoms in total. The van der Waals surface area contributed by atoms with Crippen LogP contribution in [0.5, 0.6) is 5.75 Å². The Balaban J connectivity index is 2.45. The third kappa shape index (κ3) is 3.81. The summed E-state index contributed by atoms with van der Waals surface area (Å²) < 4.78 is 36.4. The highest BCUT2D eigenvalue weighted by Crippen LogP contribution is 2.24. The van der Waals surface area contributed by atoms with Crippen LogP contribution in [0.15, 0.2) is 59.5 Å². The standard InChI is InChI=1S/C16H17NO5S/c1-21-14-8-10-15(11-9-14)23(19,20)17(12-16(18)22-2)13-6-4-3-5-7-13/h3-11H,12H2,1-2H3. The molecule has 0 heterocycles. The van der Waals surface area contributed by atoms with Crippen LogP contribution in [0.1, 0.15) is 0 Å². The second kappa shape index (κ2) is 7.15. The number of esters is 1. The number of rotatable bonds is 6. The highest BCUT2D eigenvalue weighted by atomic mass is 32.2. The molecule has 0 aliphatic heterocycles. The van der Waals surface area contributed by atoms with Gasteiger partial charge in [0.2, 0.25) is 0 Å². The van der Waals surface area contributed by atoms with Gasteiger partial charge < -0.3 is 9.47 Å². The van der Waals surface area contributed by atoms with E-state index in [1.54, 1.807) is 42.5 Å². The van der Waals surface area contributed by atoms with Gasteiger partial charge in [-0.15, -0.1) is 0 Å². The van der Waals surface area contributed by atoms with E-state index < -0.39 is 22.5 Å². The highest BCUT2D eigenvalue weighted by Gasteiger charge is 2.27. The largest absolute Gasteiger partial charge is 0.497 e. The molecule has 0 aromatic heterocycles. The summed E-state index contributed by atoms with van der Waals surface area (Å²) >= 11 is 0.